The van der Waals surface area contributed by atoms with E-state index in [1.165, 1.54) is 5.56 Å². The Kier molecular flexibility index (Phi) is 4.24. The molecule has 3 rings (SSSR count). The van der Waals surface area contributed by atoms with E-state index >= 15 is 0 Å². The van der Waals surface area contributed by atoms with Gasteiger partial charge in [0.1, 0.15) is 0 Å². The third-order valence-corrected chi connectivity index (χ3v) is 4.45. The van der Waals surface area contributed by atoms with Gasteiger partial charge in [0.05, 0.1) is 5.92 Å². The van der Waals surface area contributed by atoms with Crippen LogP contribution in [0.3, 0.4) is 0 Å². The summed E-state index contributed by atoms with van der Waals surface area (Å²) < 4.78 is 5.48. The van der Waals surface area contributed by atoms with Gasteiger partial charge >= 0.3 is 0 Å². The number of hydrogen-bond acceptors (Lipinski definition) is 4. The van der Waals surface area contributed by atoms with E-state index in [0.29, 0.717) is 5.92 Å². The monoisotopic (exact) mass is 319 g/mol. The number of likely N-dealkylation sites (tertiary alicyclic amines) is 1. The zero-order valence-corrected chi connectivity index (χ0v) is 14.1. The van der Waals surface area contributed by atoms with Crippen molar-refractivity contribution in [3.63, 3.8) is 0 Å². The van der Waals surface area contributed by atoms with Crippen LogP contribution >= 0.6 is 11.6 Å². The number of halogens is 1. The Labute approximate surface area is 136 Å². The first-order valence-electron chi connectivity index (χ1n) is 7.73. The fourth-order valence-corrected chi connectivity index (χ4v) is 2.95. The average molecular weight is 320 g/mol. The minimum atomic E-state index is -0.0718. The first-order valence-corrected chi connectivity index (χ1v) is 8.11. The molecular weight excluding hydrogens is 298 g/mol. The summed E-state index contributed by atoms with van der Waals surface area (Å²) in [5.74, 6) is 1.88. The molecule has 0 bridgehead atoms. The topological polar surface area (TPSA) is 42.2 Å². The van der Waals surface area contributed by atoms with Gasteiger partial charge in [-0.1, -0.05) is 55.7 Å². The molecule has 1 saturated heterocycles. The van der Waals surface area contributed by atoms with Crippen LogP contribution < -0.4 is 0 Å². The minimum Gasteiger partial charge on any atom is -0.339 e. The van der Waals surface area contributed by atoms with Crippen LogP contribution in [0.1, 0.15) is 50.4 Å². The second-order valence-electron chi connectivity index (χ2n) is 7.02. The van der Waals surface area contributed by atoms with Crippen molar-refractivity contribution in [1.29, 1.82) is 0 Å². The van der Waals surface area contributed by atoms with Crippen molar-refractivity contribution in [3.05, 3.63) is 46.6 Å². The standard InChI is InChI=1S/C17H22ClN3O/c1-17(2,3)16-19-15(22-20-16)13-8-9-21(11-13)10-12-6-4-5-7-14(12)18/h4-7,13H,8-11H2,1-3H3. The van der Waals surface area contributed by atoms with Gasteiger partial charge in [-0.2, -0.15) is 4.98 Å². The van der Waals surface area contributed by atoms with E-state index in [9.17, 15) is 0 Å². The first kappa shape index (κ1) is 15.5. The molecule has 4 nitrogen and oxygen atoms in total. The van der Waals surface area contributed by atoms with Crippen molar-refractivity contribution in [2.45, 2.75) is 45.1 Å². The molecule has 0 N–H and O–H groups in total. The van der Waals surface area contributed by atoms with Crippen LogP contribution in [0.4, 0.5) is 0 Å². The van der Waals surface area contributed by atoms with E-state index < -0.39 is 0 Å². The molecule has 0 aliphatic carbocycles. The molecular formula is C17H22ClN3O. The maximum Gasteiger partial charge on any atom is 0.231 e. The summed E-state index contributed by atoms with van der Waals surface area (Å²) in [5.41, 5.74) is 1.10. The molecule has 1 aliphatic rings. The molecule has 1 fully saturated rings. The summed E-state index contributed by atoms with van der Waals surface area (Å²) in [5, 5.41) is 4.96. The summed E-state index contributed by atoms with van der Waals surface area (Å²) in [7, 11) is 0. The summed E-state index contributed by atoms with van der Waals surface area (Å²) >= 11 is 6.24. The van der Waals surface area contributed by atoms with Gasteiger partial charge in [-0.05, 0) is 24.6 Å². The number of benzene rings is 1. The minimum absolute atomic E-state index is 0.0718. The lowest BCUT2D eigenvalue weighted by atomic mass is 9.96. The van der Waals surface area contributed by atoms with Gasteiger partial charge in [0.15, 0.2) is 5.82 Å². The number of aromatic nitrogens is 2. The van der Waals surface area contributed by atoms with Gasteiger partial charge in [0.2, 0.25) is 5.89 Å². The van der Waals surface area contributed by atoms with Crippen molar-refractivity contribution in [2.75, 3.05) is 13.1 Å². The third-order valence-electron chi connectivity index (χ3n) is 4.09. The predicted molar refractivity (Wildman–Crippen MR) is 87.1 cm³/mol. The van der Waals surface area contributed by atoms with Gasteiger partial charge < -0.3 is 4.52 Å². The van der Waals surface area contributed by atoms with E-state index in [4.69, 9.17) is 16.1 Å². The van der Waals surface area contributed by atoms with Gasteiger partial charge in [-0.25, -0.2) is 0 Å². The lowest BCUT2D eigenvalue weighted by Crippen LogP contribution is -2.20. The maximum atomic E-state index is 6.24. The molecule has 5 heteroatoms. The van der Waals surface area contributed by atoms with Crippen LogP contribution in [-0.2, 0) is 12.0 Å². The van der Waals surface area contributed by atoms with Crippen LogP contribution in [0.25, 0.3) is 0 Å². The molecule has 2 aromatic rings. The highest BCUT2D eigenvalue weighted by atomic mass is 35.5. The zero-order chi connectivity index (χ0) is 15.7. The lowest BCUT2D eigenvalue weighted by molar-refractivity contribution is 0.307. The Morgan fingerprint density at radius 3 is 2.77 bits per heavy atom. The van der Waals surface area contributed by atoms with Crippen molar-refractivity contribution < 1.29 is 4.52 Å². The van der Waals surface area contributed by atoms with Crippen LogP contribution in [-0.4, -0.2) is 28.1 Å². The average Bonchev–Trinajstić information content (AvgIpc) is 3.09. The molecule has 0 saturated carbocycles. The second-order valence-corrected chi connectivity index (χ2v) is 7.43. The molecule has 0 amide bonds. The van der Waals surface area contributed by atoms with E-state index in [0.717, 1.165) is 42.8 Å². The lowest BCUT2D eigenvalue weighted by Gasteiger charge is -2.16. The molecule has 1 aromatic heterocycles. The second kappa shape index (κ2) is 6.01. The predicted octanol–water partition coefficient (Wildman–Crippen LogP) is 4.01. The first-order chi connectivity index (χ1) is 10.4. The normalized spacial score (nSPS) is 19.7. The van der Waals surface area contributed by atoms with Gasteiger partial charge in [-0.15, -0.1) is 0 Å². The van der Waals surface area contributed by atoms with Crippen molar-refractivity contribution in [1.82, 2.24) is 15.0 Å². The van der Waals surface area contributed by atoms with Crippen LogP contribution in [0.5, 0.6) is 0 Å². The molecule has 0 spiro atoms. The number of nitrogens with zero attached hydrogens (tertiary/aromatic N) is 3. The Bertz CT molecular complexity index is 647. The summed E-state index contributed by atoms with van der Waals surface area (Å²) in [6, 6.07) is 8.02. The van der Waals surface area contributed by atoms with Crippen LogP contribution in [0, 0.1) is 0 Å². The number of rotatable bonds is 3. The molecule has 118 valence electrons. The molecule has 1 aliphatic heterocycles. The summed E-state index contributed by atoms with van der Waals surface area (Å²) in [6.45, 7) is 9.14. The molecule has 2 heterocycles. The van der Waals surface area contributed by atoms with Crippen molar-refractivity contribution in [2.24, 2.45) is 0 Å². The molecule has 1 atom stereocenters. The van der Waals surface area contributed by atoms with E-state index in [1.807, 2.05) is 18.2 Å². The summed E-state index contributed by atoms with van der Waals surface area (Å²) in [6.07, 6.45) is 1.05. The Morgan fingerprint density at radius 1 is 1.32 bits per heavy atom. The quantitative estimate of drug-likeness (QED) is 0.857. The van der Waals surface area contributed by atoms with Crippen LogP contribution in [0.15, 0.2) is 28.8 Å². The van der Waals surface area contributed by atoms with Gasteiger partial charge in [-0.3, -0.25) is 4.90 Å². The Hall–Kier alpha value is -1.39. The molecule has 1 unspecified atom stereocenters. The van der Waals surface area contributed by atoms with Gasteiger partial charge in [0.25, 0.3) is 0 Å². The molecule has 1 aromatic carbocycles. The highest BCUT2D eigenvalue weighted by molar-refractivity contribution is 6.31. The summed E-state index contributed by atoms with van der Waals surface area (Å²) in [4.78, 5) is 6.99. The van der Waals surface area contributed by atoms with Crippen molar-refractivity contribution >= 4 is 11.6 Å². The van der Waals surface area contributed by atoms with E-state index in [1.54, 1.807) is 0 Å². The Morgan fingerprint density at radius 2 is 2.09 bits per heavy atom. The van der Waals surface area contributed by atoms with Crippen molar-refractivity contribution in [3.8, 4) is 0 Å². The van der Waals surface area contributed by atoms with Gasteiger partial charge in [0, 0.05) is 23.5 Å². The molecule has 22 heavy (non-hydrogen) atoms. The van der Waals surface area contributed by atoms with Crippen LogP contribution in [0.2, 0.25) is 5.02 Å². The fraction of sp³-hybridized carbons (Fsp3) is 0.529. The maximum absolute atomic E-state index is 6.24. The van der Waals surface area contributed by atoms with E-state index in [-0.39, 0.29) is 5.41 Å². The smallest absolute Gasteiger partial charge is 0.231 e. The highest BCUT2D eigenvalue weighted by Gasteiger charge is 2.30. The van der Waals surface area contributed by atoms with E-state index in [2.05, 4.69) is 41.9 Å². The largest absolute Gasteiger partial charge is 0.339 e. The number of hydrogen-bond donors (Lipinski definition) is 0. The molecule has 0 radical (unpaired) electrons. The zero-order valence-electron chi connectivity index (χ0n) is 13.3. The Balaban J connectivity index is 1.65. The fourth-order valence-electron chi connectivity index (χ4n) is 2.75. The SMILES string of the molecule is CC(C)(C)c1noc(C2CCN(Cc3ccccc3Cl)C2)n1. The highest BCUT2D eigenvalue weighted by Crippen LogP contribution is 2.29. The third kappa shape index (κ3) is 3.33.